The van der Waals surface area contributed by atoms with Crippen LogP contribution in [0.1, 0.15) is 44.7 Å². The van der Waals surface area contributed by atoms with Gasteiger partial charge in [0.2, 0.25) is 5.91 Å². The molecule has 0 aliphatic carbocycles. The van der Waals surface area contributed by atoms with Gasteiger partial charge in [0.1, 0.15) is 0 Å². The lowest BCUT2D eigenvalue weighted by molar-refractivity contribution is -0.132. The Morgan fingerprint density at radius 1 is 1.39 bits per heavy atom. The number of carbonyl (C=O) groups is 1. The molecule has 1 saturated heterocycles. The van der Waals surface area contributed by atoms with Crippen LogP contribution in [0.25, 0.3) is 0 Å². The van der Waals surface area contributed by atoms with Crippen molar-refractivity contribution in [1.82, 2.24) is 4.90 Å². The van der Waals surface area contributed by atoms with Crippen LogP contribution < -0.4 is 0 Å². The lowest BCUT2D eigenvalue weighted by atomic mass is 10.0. The van der Waals surface area contributed by atoms with Crippen LogP contribution in [0, 0.1) is 5.92 Å². The first-order valence-corrected chi connectivity index (χ1v) is 7.00. The third-order valence-electron chi connectivity index (χ3n) is 3.41. The fourth-order valence-corrected chi connectivity index (χ4v) is 2.69. The van der Waals surface area contributed by atoms with Gasteiger partial charge in [-0.15, -0.1) is 0 Å². The summed E-state index contributed by atoms with van der Waals surface area (Å²) in [4.78, 5) is 14.2. The van der Waals surface area contributed by atoms with Crippen molar-refractivity contribution in [3.63, 3.8) is 0 Å². The minimum absolute atomic E-state index is 0.244. The Kier molecular flexibility index (Phi) is 4.28. The molecule has 3 heteroatoms. The molecule has 1 aromatic carbocycles. The molecule has 0 saturated carbocycles. The minimum atomic E-state index is 0.244. The maximum absolute atomic E-state index is 12.2. The predicted molar refractivity (Wildman–Crippen MR) is 74.6 cm³/mol. The van der Waals surface area contributed by atoms with Crippen molar-refractivity contribution in [1.29, 1.82) is 0 Å². The van der Waals surface area contributed by atoms with Crippen LogP contribution in [-0.2, 0) is 4.79 Å². The maximum atomic E-state index is 12.2. The second-order valence-corrected chi connectivity index (χ2v) is 5.83. The zero-order valence-electron chi connectivity index (χ0n) is 11.0. The van der Waals surface area contributed by atoms with Crippen molar-refractivity contribution in [3.8, 4) is 0 Å². The van der Waals surface area contributed by atoms with E-state index in [1.54, 1.807) is 0 Å². The Hall–Kier alpha value is -1.02. The average molecular weight is 266 g/mol. The van der Waals surface area contributed by atoms with Gasteiger partial charge < -0.3 is 4.90 Å². The summed E-state index contributed by atoms with van der Waals surface area (Å²) in [6.45, 7) is 5.06. The van der Waals surface area contributed by atoms with Crippen LogP contribution >= 0.6 is 11.6 Å². The molecule has 0 spiro atoms. The Morgan fingerprint density at radius 3 is 2.67 bits per heavy atom. The van der Waals surface area contributed by atoms with Crippen molar-refractivity contribution < 1.29 is 4.79 Å². The first-order chi connectivity index (χ1) is 8.58. The molecule has 18 heavy (non-hydrogen) atoms. The highest BCUT2D eigenvalue weighted by molar-refractivity contribution is 6.30. The second-order valence-electron chi connectivity index (χ2n) is 5.39. The van der Waals surface area contributed by atoms with Gasteiger partial charge in [-0.2, -0.15) is 0 Å². The standard InChI is InChI=1S/C15H20ClNO/c1-11(2)10-15(18)17-9-3-4-14(17)12-5-7-13(16)8-6-12/h5-8,11,14H,3-4,9-10H2,1-2H3/t14-/m1/s1. The maximum Gasteiger partial charge on any atom is 0.223 e. The van der Waals surface area contributed by atoms with Crippen molar-refractivity contribution in [2.75, 3.05) is 6.54 Å². The number of hydrogen-bond donors (Lipinski definition) is 0. The molecule has 1 aliphatic rings. The molecule has 1 atom stereocenters. The fourth-order valence-electron chi connectivity index (χ4n) is 2.56. The third-order valence-corrected chi connectivity index (χ3v) is 3.66. The van der Waals surface area contributed by atoms with E-state index < -0.39 is 0 Å². The number of likely N-dealkylation sites (tertiary alicyclic amines) is 1. The molecule has 2 rings (SSSR count). The molecule has 1 heterocycles. The van der Waals surface area contributed by atoms with E-state index in [0.29, 0.717) is 12.3 Å². The highest BCUT2D eigenvalue weighted by atomic mass is 35.5. The lowest BCUT2D eigenvalue weighted by Crippen LogP contribution is -2.31. The Labute approximate surface area is 114 Å². The van der Waals surface area contributed by atoms with E-state index in [-0.39, 0.29) is 11.9 Å². The monoisotopic (exact) mass is 265 g/mol. The van der Waals surface area contributed by atoms with Gasteiger partial charge in [-0.05, 0) is 36.5 Å². The molecule has 0 unspecified atom stereocenters. The molecule has 1 fully saturated rings. The van der Waals surface area contributed by atoms with Gasteiger partial charge in [0, 0.05) is 18.0 Å². The Morgan fingerprint density at radius 2 is 2.06 bits per heavy atom. The van der Waals surface area contributed by atoms with Crippen molar-refractivity contribution in [2.45, 2.75) is 39.2 Å². The predicted octanol–water partition coefficient (Wildman–Crippen LogP) is 4.05. The molecule has 1 amide bonds. The summed E-state index contributed by atoms with van der Waals surface area (Å²) >= 11 is 5.91. The van der Waals surface area contributed by atoms with Crippen LogP contribution in [0.15, 0.2) is 24.3 Å². The van der Waals surface area contributed by atoms with Gasteiger partial charge >= 0.3 is 0 Å². The summed E-state index contributed by atoms with van der Waals surface area (Å²) in [6, 6.07) is 8.12. The first kappa shape index (κ1) is 13.4. The Balaban J connectivity index is 2.12. The molecule has 1 aromatic rings. The average Bonchev–Trinajstić information content (AvgIpc) is 2.78. The molecule has 98 valence electrons. The third kappa shape index (κ3) is 3.05. The van der Waals surface area contributed by atoms with Gasteiger partial charge in [-0.1, -0.05) is 37.6 Å². The summed E-state index contributed by atoms with van der Waals surface area (Å²) in [7, 11) is 0. The second kappa shape index (κ2) is 5.75. The van der Waals surface area contributed by atoms with Crippen molar-refractivity contribution >= 4 is 17.5 Å². The van der Waals surface area contributed by atoms with Gasteiger partial charge in [0.15, 0.2) is 0 Å². The summed E-state index contributed by atoms with van der Waals surface area (Å²) in [6.07, 6.45) is 2.80. The van der Waals surface area contributed by atoms with E-state index in [4.69, 9.17) is 11.6 Å². The molecule has 0 aromatic heterocycles. The van der Waals surface area contributed by atoms with Crippen LogP contribution in [-0.4, -0.2) is 17.4 Å². The van der Waals surface area contributed by atoms with E-state index in [2.05, 4.69) is 13.8 Å². The van der Waals surface area contributed by atoms with E-state index in [1.807, 2.05) is 29.2 Å². The van der Waals surface area contributed by atoms with Crippen LogP contribution in [0.2, 0.25) is 5.02 Å². The topological polar surface area (TPSA) is 20.3 Å². The van der Waals surface area contributed by atoms with Crippen LogP contribution in [0.3, 0.4) is 0 Å². The fraction of sp³-hybridized carbons (Fsp3) is 0.533. The van der Waals surface area contributed by atoms with Crippen LogP contribution in [0.4, 0.5) is 0 Å². The SMILES string of the molecule is CC(C)CC(=O)N1CCC[C@@H]1c1ccc(Cl)cc1. The zero-order chi connectivity index (χ0) is 13.1. The highest BCUT2D eigenvalue weighted by Crippen LogP contribution is 2.33. The summed E-state index contributed by atoms with van der Waals surface area (Å²) in [5.74, 6) is 0.700. The lowest BCUT2D eigenvalue weighted by Gasteiger charge is -2.26. The number of halogens is 1. The van der Waals surface area contributed by atoms with E-state index in [0.717, 1.165) is 24.4 Å². The van der Waals surface area contributed by atoms with Gasteiger partial charge in [-0.3, -0.25) is 4.79 Å². The van der Waals surface area contributed by atoms with Gasteiger partial charge in [0.25, 0.3) is 0 Å². The van der Waals surface area contributed by atoms with Gasteiger partial charge in [0.05, 0.1) is 6.04 Å². The first-order valence-electron chi connectivity index (χ1n) is 6.63. The number of hydrogen-bond acceptors (Lipinski definition) is 1. The summed E-state index contributed by atoms with van der Waals surface area (Å²) in [5.41, 5.74) is 1.20. The zero-order valence-corrected chi connectivity index (χ0v) is 11.8. The number of rotatable bonds is 3. The van der Waals surface area contributed by atoms with E-state index in [1.165, 1.54) is 5.56 Å². The van der Waals surface area contributed by atoms with Gasteiger partial charge in [-0.25, -0.2) is 0 Å². The number of carbonyl (C=O) groups excluding carboxylic acids is 1. The van der Waals surface area contributed by atoms with E-state index in [9.17, 15) is 4.79 Å². The van der Waals surface area contributed by atoms with Crippen molar-refractivity contribution in [3.05, 3.63) is 34.9 Å². The number of nitrogens with zero attached hydrogens (tertiary/aromatic N) is 1. The largest absolute Gasteiger partial charge is 0.336 e. The number of benzene rings is 1. The quantitative estimate of drug-likeness (QED) is 0.807. The molecule has 0 N–H and O–H groups in total. The minimum Gasteiger partial charge on any atom is -0.336 e. The number of amides is 1. The van der Waals surface area contributed by atoms with E-state index >= 15 is 0 Å². The summed E-state index contributed by atoms with van der Waals surface area (Å²) in [5, 5.41) is 0.747. The molecular formula is C15H20ClNO. The molecule has 2 nitrogen and oxygen atoms in total. The highest BCUT2D eigenvalue weighted by Gasteiger charge is 2.29. The molecular weight excluding hydrogens is 246 g/mol. The molecule has 0 bridgehead atoms. The van der Waals surface area contributed by atoms with Crippen molar-refractivity contribution in [2.24, 2.45) is 5.92 Å². The molecule has 1 aliphatic heterocycles. The summed E-state index contributed by atoms with van der Waals surface area (Å²) < 4.78 is 0. The van der Waals surface area contributed by atoms with Crippen LogP contribution in [0.5, 0.6) is 0 Å². The molecule has 0 radical (unpaired) electrons. The normalized spacial score (nSPS) is 19.6. The Bertz CT molecular complexity index is 413. The smallest absolute Gasteiger partial charge is 0.223 e.